The van der Waals surface area contributed by atoms with Crippen molar-refractivity contribution < 1.29 is 0 Å². The van der Waals surface area contributed by atoms with Crippen LogP contribution < -0.4 is 10.6 Å². The van der Waals surface area contributed by atoms with Gasteiger partial charge in [-0.2, -0.15) is 0 Å². The van der Waals surface area contributed by atoms with Crippen molar-refractivity contribution in [2.45, 2.75) is 51.6 Å². The number of pyridine rings is 1. The summed E-state index contributed by atoms with van der Waals surface area (Å²) in [5, 5.41) is 0. The van der Waals surface area contributed by atoms with Crippen LogP contribution in [0.25, 0.3) is 0 Å². The van der Waals surface area contributed by atoms with Crippen LogP contribution in [-0.4, -0.2) is 17.6 Å². The largest absolute Gasteiger partial charge is 0.354 e. The van der Waals surface area contributed by atoms with Crippen LogP contribution >= 0.6 is 0 Å². The van der Waals surface area contributed by atoms with Crippen LogP contribution in [0, 0.1) is 0 Å². The molecule has 1 aliphatic heterocycles. The van der Waals surface area contributed by atoms with Gasteiger partial charge in [-0.1, -0.05) is 6.92 Å². The zero-order valence-corrected chi connectivity index (χ0v) is 10.9. The Bertz CT molecular complexity index is 362. The van der Waals surface area contributed by atoms with E-state index in [2.05, 4.69) is 22.9 Å². The van der Waals surface area contributed by atoms with Crippen LogP contribution in [0.15, 0.2) is 18.3 Å². The second-order valence-corrected chi connectivity index (χ2v) is 4.99. The van der Waals surface area contributed by atoms with E-state index in [1.807, 2.05) is 19.2 Å². The van der Waals surface area contributed by atoms with E-state index in [4.69, 9.17) is 5.73 Å². The third kappa shape index (κ3) is 2.78. The van der Waals surface area contributed by atoms with Crippen molar-refractivity contribution in [2.75, 3.05) is 11.4 Å². The van der Waals surface area contributed by atoms with Gasteiger partial charge in [0.1, 0.15) is 5.82 Å². The van der Waals surface area contributed by atoms with E-state index in [9.17, 15) is 0 Å². The van der Waals surface area contributed by atoms with E-state index in [1.165, 1.54) is 31.2 Å². The number of piperidine rings is 1. The molecule has 2 heterocycles. The molecule has 1 fully saturated rings. The van der Waals surface area contributed by atoms with Crippen molar-refractivity contribution in [3.8, 4) is 0 Å². The lowest BCUT2D eigenvalue weighted by atomic mass is 9.99. The molecule has 1 aromatic heterocycles. The first-order valence-electron chi connectivity index (χ1n) is 6.70. The Morgan fingerprint density at radius 3 is 3.06 bits per heavy atom. The summed E-state index contributed by atoms with van der Waals surface area (Å²) in [6.07, 6.45) is 7.00. The highest BCUT2D eigenvalue weighted by Crippen LogP contribution is 2.26. The lowest BCUT2D eigenvalue weighted by Gasteiger charge is -2.36. The van der Waals surface area contributed by atoms with Gasteiger partial charge in [0.15, 0.2) is 0 Å². The maximum atomic E-state index is 5.93. The quantitative estimate of drug-likeness (QED) is 0.873. The molecular weight excluding hydrogens is 210 g/mol. The summed E-state index contributed by atoms with van der Waals surface area (Å²) in [6.45, 7) is 5.42. The minimum Gasteiger partial charge on any atom is -0.354 e. The van der Waals surface area contributed by atoms with Crippen LogP contribution in [0.1, 0.15) is 51.1 Å². The Balaban J connectivity index is 2.22. The van der Waals surface area contributed by atoms with Gasteiger partial charge in [0.2, 0.25) is 0 Å². The number of hydrogen-bond acceptors (Lipinski definition) is 3. The Labute approximate surface area is 104 Å². The third-order valence-corrected chi connectivity index (χ3v) is 3.69. The molecule has 2 N–H and O–H groups in total. The molecule has 1 saturated heterocycles. The molecule has 17 heavy (non-hydrogen) atoms. The number of anilines is 1. The van der Waals surface area contributed by atoms with E-state index >= 15 is 0 Å². The number of nitrogens with zero attached hydrogens (tertiary/aromatic N) is 2. The molecule has 0 radical (unpaired) electrons. The molecule has 0 aromatic carbocycles. The highest BCUT2D eigenvalue weighted by Gasteiger charge is 2.22. The third-order valence-electron chi connectivity index (χ3n) is 3.69. The van der Waals surface area contributed by atoms with Gasteiger partial charge in [0.05, 0.1) is 0 Å². The maximum absolute atomic E-state index is 5.93. The Kier molecular flexibility index (Phi) is 4.00. The van der Waals surface area contributed by atoms with E-state index in [1.54, 1.807) is 0 Å². The fourth-order valence-corrected chi connectivity index (χ4v) is 2.60. The van der Waals surface area contributed by atoms with Crippen LogP contribution in [0.4, 0.5) is 5.82 Å². The zero-order chi connectivity index (χ0) is 12.3. The van der Waals surface area contributed by atoms with E-state index in [0.29, 0.717) is 6.04 Å². The van der Waals surface area contributed by atoms with Gasteiger partial charge in [-0.15, -0.1) is 0 Å². The molecule has 2 unspecified atom stereocenters. The van der Waals surface area contributed by atoms with Crippen molar-refractivity contribution in [3.05, 3.63) is 23.9 Å². The standard InChI is InChI=1S/C14H23N3/c1-3-13-6-4-5-9-17(13)14-10-12(11(2)15)7-8-16-14/h7-8,10-11,13H,3-6,9,15H2,1-2H3. The Hall–Kier alpha value is -1.09. The molecule has 1 aromatic rings. The van der Waals surface area contributed by atoms with Gasteiger partial charge in [0.25, 0.3) is 0 Å². The van der Waals surface area contributed by atoms with Crippen LogP contribution in [0.5, 0.6) is 0 Å². The van der Waals surface area contributed by atoms with Crippen LogP contribution in [0.2, 0.25) is 0 Å². The molecule has 0 spiro atoms. The van der Waals surface area contributed by atoms with Gasteiger partial charge >= 0.3 is 0 Å². The normalized spacial score (nSPS) is 22.5. The predicted octanol–water partition coefficient (Wildman–Crippen LogP) is 2.87. The van der Waals surface area contributed by atoms with Crippen molar-refractivity contribution in [1.29, 1.82) is 0 Å². The van der Waals surface area contributed by atoms with E-state index in [0.717, 1.165) is 12.4 Å². The van der Waals surface area contributed by atoms with Gasteiger partial charge in [0, 0.05) is 24.8 Å². The highest BCUT2D eigenvalue weighted by molar-refractivity contribution is 5.43. The number of rotatable bonds is 3. The minimum absolute atomic E-state index is 0.0848. The fourth-order valence-electron chi connectivity index (χ4n) is 2.60. The minimum atomic E-state index is 0.0848. The van der Waals surface area contributed by atoms with Gasteiger partial charge in [-0.3, -0.25) is 0 Å². The van der Waals surface area contributed by atoms with Crippen LogP contribution in [0.3, 0.4) is 0 Å². The maximum Gasteiger partial charge on any atom is 0.129 e. The summed E-state index contributed by atoms with van der Waals surface area (Å²) >= 11 is 0. The second-order valence-electron chi connectivity index (χ2n) is 4.99. The molecule has 0 aliphatic carbocycles. The Morgan fingerprint density at radius 1 is 1.53 bits per heavy atom. The van der Waals surface area contributed by atoms with Crippen molar-refractivity contribution >= 4 is 5.82 Å². The first kappa shape index (κ1) is 12.4. The molecule has 2 rings (SSSR count). The van der Waals surface area contributed by atoms with Crippen molar-refractivity contribution in [2.24, 2.45) is 5.73 Å². The molecule has 94 valence electrons. The van der Waals surface area contributed by atoms with Gasteiger partial charge in [-0.05, 0) is 50.3 Å². The summed E-state index contributed by atoms with van der Waals surface area (Å²) in [5.74, 6) is 1.10. The molecule has 0 amide bonds. The van der Waals surface area contributed by atoms with Gasteiger partial charge in [-0.25, -0.2) is 4.98 Å². The van der Waals surface area contributed by atoms with E-state index < -0.39 is 0 Å². The average Bonchev–Trinajstić information content (AvgIpc) is 2.39. The summed E-state index contributed by atoms with van der Waals surface area (Å²) in [5.41, 5.74) is 7.11. The number of aromatic nitrogens is 1. The number of nitrogens with two attached hydrogens (primary N) is 1. The summed E-state index contributed by atoms with van der Waals surface area (Å²) in [6, 6.07) is 4.90. The first-order valence-corrected chi connectivity index (χ1v) is 6.70. The monoisotopic (exact) mass is 233 g/mol. The average molecular weight is 233 g/mol. The molecule has 0 bridgehead atoms. The topological polar surface area (TPSA) is 42.1 Å². The van der Waals surface area contributed by atoms with Crippen molar-refractivity contribution in [1.82, 2.24) is 4.98 Å². The number of hydrogen-bond donors (Lipinski definition) is 1. The van der Waals surface area contributed by atoms with Crippen molar-refractivity contribution in [3.63, 3.8) is 0 Å². The fraction of sp³-hybridized carbons (Fsp3) is 0.643. The smallest absolute Gasteiger partial charge is 0.129 e. The molecule has 1 aliphatic rings. The van der Waals surface area contributed by atoms with E-state index in [-0.39, 0.29) is 6.04 Å². The SMILES string of the molecule is CCC1CCCCN1c1cc(C(C)N)ccn1. The second kappa shape index (κ2) is 5.50. The molecular formula is C14H23N3. The highest BCUT2D eigenvalue weighted by atomic mass is 15.2. The summed E-state index contributed by atoms with van der Waals surface area (Å²) in [7, 11) is 0. The molecule has 3 heteroatoms. The Morgan fingerprint density at radius 2 is 2.35 bits per heavy atom. The lowest BCUT2D eigenvalue weighted by Crippen LogP contribution is -2.39. The molecule has 3 nitrogen and oxygen atoms in total. The first-order chi connectivity index (χ1) is 8.22. The van der Waals surface area contributed by atoms with Gasteiger partial charge < -0.3 is 10.6 Å². The predicted molar refractivity (Wildman–Crippen MR) is 72.1 cm³/mol. The summed E-state index contributed by atoms with van der Waals surface area (Å²) < 4.78 is 0. The van der Waals surface area contributed by atoms with Crippen LogP contribution in [-0.2, 0) is 0 Å². The molecule has 2 atom stereocenters. The zero-order valence-electron chi connectivity index (χ0n) is 10.9. The summed E-state index contributed by atoms with van der Waals surface area (Å²) in [4.78, 5) is 6.97. The molecule has 0 saturated carbocycles. The lowest BCUT2D eigenvalue weighted by molar-refractivity contribution is 0.446.